The topological polar surface area (TPSA) is 123 Å². The van der Waals surface area contributed by atoms with Crippen LogP contribution in [0.4, 0.5) is 14.2 Å². The Hall–Kier alpha value is -4.19. The molecule has 2 aliphatic heterocycles. The van der Waals surface area contributed by atoms with Gasteiger partial charge in [0.1, 0.15) is 40.1 Å². The molecule has 3 heterocycles. The van der Waals surface area contributed by atoms with Gasteiger partial charge in [-0.25, -0.2) is 9.18 Å². The summed E-state index contributed by atoms with van der Waals surface area (Å²) < 4.78 is 31.3. The van der Waals surface area contributed by atoms with E-state index in [2.05, 4.69) is 10.6 Å². The third-order valence-corrected chi connectivity index (χ3v) is 8.30. The zero-order valence-corrected chi connectivity index (χ0v) is 24.6. The van der Waals surface area contributed by atoms with Gasteiger partial charge in [-0.05, 0) is 45.0 Å². The smallest absolute Gasteiger partial charge is 0.325 e. The van der Waals surface area contributed by atoms with Gasteiger partial charge < -0.3 is 24.4 Å². The molecule has 2 N–H and O–H groups in total. The second kappa shape index (κ2) is 11.2. The maximum Gasteiger partial charge on any atom is 0.325 e. The molecule has 1 fully saturated rings. The average molecular weight is 598 g/mol. The second-order valence-electron chi connectivity index (χ2n) is 11.4. The summed E-state index contributed by atoms with van der Waals surface area (Å²) >= 11 is 1.19. The fourth-order valence-corrected chi connectivity index (χ4v) is 6.43. The van der Waals surface area contributed by atoms with Crippen LogP contribution in [0.3, 0.4) is 0 Å². The monoisotopic (exact) mass is 597 g/mol. The molecule has 5 rings (SSSR count). The van der Waals surface area contributed by atoms with Gasteiger partial charge in [0.25, 0.3) is 5.91 Å². The molecule has 222 valence electrons. The van der Waals surface area contributed by atoms with Crippen LogP contribution >= 0.6 is 11.3 Å². The normalized spacial score (nSPS) is 16.0. The van der Waals surface area contributed by atoms with Gasteiger partial charge in [0.15, 0.2) is 5.78 Å². The lowest BCUT2D eigenvalue weighted by molar-refractivity contribution is -0.153. The van der Waals surface area contributed by atoms with Gasteiger partial charge in [-0.1, -0.05) is 12.1 Å². The van der Waals surface area contributed by atoms with Crippen LogP contribution < -0.4 is 20.1 Å². The minimum absolute atomic E-state index is 0.106. The van der Waals surface area contributed by atoms with Gasteiger partial charge in [-0.15, -0.1) is 11.3 Å². The van der Waals surface area contributed by atoms with E-state index in [1.165, 1.54) is 36.6 Å². The first-order valence-corrected chi connectivity index (χ1v) is 14.4. The summed E-state index contributed by atoms with van der Waals surface area (Å²) in [5.41, 5.74) is -0.931. The molecule has 2 aliphatic rings. The zero-order chi connectivity index (χ0) is 30.2. The highest BCUT2D eigenvalue weighted by atomic mass is 32.1. The molecule has 0 aliphatic carbocycles. The Morgan fingerprint density at radius 3 is 2.57 bits per heavy atom. The summed E-state index contributed by atoms with van der Waals surface area (Å²) in [6.07, 6.45) is 0.923. The number of rotatable bonds is 5. The molecule has 0 atom stereocenters. The van der Waals surface area contributed by atoms with Gasteiger partial charge >= 0.3 is 12.0 Å². The van der Waals surface area contributed by atoms with E-state index in [0.29, 0.717) is 58.1 Å². The quantitative estimate of drug-likeness (QED) is 0.390. The molecule has 1 saturated heterocycles. The molecular weight excluding hydrogens is 565 g/mol. The van der Waals surface area contributed by atoms with Gasteiger partial charge in [-0.2, -0.15) is 0 Å². The van der Waals surface area contributed by atoms with Crippen molar-refractivity contribution in [3.05, 3.63) is 53.3 Å². The summed E-state index contributed by atoms with van der Waals surface area (Å²) in [5.74, 6) is -0.662. The molecular formula is C30H32FN3O7S. The van der Waals surface area contributed by atoms with Crippen LogP contribution in [0.5, 0.6) is 11.5 Å². The van der Waals surface area contributed by atoms with Crippen molar-refractivity contribution >= 4 is 50.1 Å². The van der Waals surface area contributed by atoms with Gasteiger partial charge in [-0.3, -0.25) is 19.7 Å². The van der Waals surface area contributed by atoms with Crippen LogP contribution in [0.25, 0.3) is 10.1 Å². The lowest BCUT2D eigenvalue weighted by atomic mass is 9.82. The summed E-state index contributed by atoms with van der Waals surface area (Å²) in [4.78, 5) is 53.3. The number of ether oxygens (including phenoxy) is 3. The first kappa shape index (κ1) is 29.3. The molecule has 1 aromatic heterocycles. The predicted octanol–water partition coefficient (Wildman–Crippen LogP) is 5.15. The van der Waals surface area contributed by atoms with E-state index in [1.54, 1.807) is 43.9 Å². The standard InChI is InChI=1S/C30H32FN3O7S/c1-29(2,3)41-23(36)16-32-28(38)33-26-24(18-6-5-7-22(39-4)25(18)42-26)27(37)34-12-10-30(11-13-34)15-20(35)19-14-17(31)8-9-21(19)40-30/h5-9,14H,10-13,15-16H2,1-4H3,(H2,32,33,38). The van der Waals surface area contributed by atoms with E-state index in [4.69, 9.17) is 14.2 Å². The van der Waals surface area contributed by atoms with E-state index >= 15 is 0 Å². The fourth-order valence-electron chi connectivity index (χ4n) is 5.25. The summed E-state index contributed by atoms with van der Waals surface area (Å²) in [6, 6.07) is 8.58. The highest BCUT2D eigenvalue weighted by molar-refractivity contribution is 7.23. The number of benzene rings is 2. The number of ketones is 1. The van der Waals surface area contributed by atoms with Crippen molar-refractivity contribution in [2.45, 2.75) is 51.2 Å². The average Bonchev–Trinajstić information content (AvgIpc) is 3.29. The van der Waals surface area contributed by atoms with Crippen molar-refractivity contribution in [1.29, 1.82) is 0 Å². The molecule has 1 spiro atoms. The fraction of sp³-hybridized carbons (Fsp3) is 0.400. The Morgan fingerprint density at radius 1 is 1.14 bits per heavy atom. The van der Waals surface area contributed by atoms with E-state index in [-0.39, 0.29) is 30.2 Å². The molecule has 3 amide bonds. The number of fused-ring (bicyclic) bond motifs is 2. The van der Waals surface area contributed by atoms with E-state index < -0.39 is 29.0 Å². The van der Waals surface area contributed by atoms with Crippen LogP contribution in [0.15, 0.2) is 36.4 Å². The number of hydrogen-bond donors (Lipinski definition) is 2. The number of urea groups is 1. The Morgan fingerprint density at radius 2 is 1.88 bits per heavy atom. The molecule has 0 saturated carbocycles. The number of Topliss-reactive ketones (excluding diaryl/α,β-unsaturated/α-hetero) is 1. The highest BCUT2D eigenvalue weighted by Gasteiger charge is 2.44. The number of thiophene rings is 1. The number of esters is 1. The maximum atomic E-state index is 14.0. The number of likely N-dealkylation sites (tertiary alicyclic amines) is 1. The first-order chi connectivity index (χ1) is 19.9. The summed E-state index contributed by atoms with van der Waals surface area (Å²) in [5, 5.41) is 6.13. The van der Waals surface area contributed by atoms with E-state index in [1.807, 2.05) is 0 Å². The minimum atomic E-state index is -0.777. The van der Waals surface area contributed by atoms with Crippen molar-refractivity contribution in [3.8, 4) is 11.5 Å². The molecule has 0 bridgehead atoms. The second-order valence-corrected chi connectivity index (χ2v) is 12.4. The predicted molar refractivity (Wildman–Crippen MR) is 155 cm³/mol. The molecule has 10 nitrogen and oxygen atoms in total. The number of carbonyl (C=O) groups is 4. The van der Waals surface area contributed by atoms with Crippen LogP contribution in [0.2, 0.25) is 0 Å². The number of halogens is 1. The third-order valence-electron chi connectivity index (χ3n) is 7.17. The molecule has 3 aromatic rings. The summed E-state index contributed by atoms with van der Waals surface area (Å²) in [7, 11) is 1.53. The number of carbonyl (C=O) groups excluding carboxylic acids is 4. The number of methoxy groups -OCH3 is 1. The van der Waals surface area contributed by atoms with Crippen LogP contribution in [0.1, 0.15) is 60.7 Å². The molecule has 0 radical (unpaired) electrons. The Kier molecular flexibility index (Phi) is 7.84. The van der Waals surface area contributed by atoms with E-state index in [0.717, 1.165) is 0 Å². The minimum Gasteiger partial charge on any atom is -0.495 e. The molecule has 0 unspecified atom stereocenters. The zero-order valence-electron chi connectivity index (χ0n) is 23.8. The van der Waals surface area contributed by atoms with Crippen molar-refractivity contribution in [1.82, 2.24) is 10.2 Å². The van der Waals surface area contributed by atoms with Gasteiger partial charge in [0.2, 0.25) is 0 Å². The SMILES string of the molecule is COc1cccc2c(C(=O)N3CCC4(CC3)CC(=O)c3cc(F)ccc3O4)c(NC(=O)NCC(=O)OC(C)(C)C)sc12. The Bertz CT molecular complexity index is 1570. The van der Waals surface area contributed by atoms with Crippen molar-refractivity contribution < 1.29 is 37.8 Å². The Balaban J connectivity index is 1.34. The van der Waals surface area contributed by atoms with Crippen molar-refractivity contribution in [2.24, 2.45) is 0 Å². The van der Waals surface area contributed by atoms with Gasteiger partial charge in [0, 0.05) is 31.3 Å². The highest BCUT2D eigenvalue weighted by Crippen LogP contribution is 2.43. The van der Waals surface area contributed by atoms with Crippen molar-refractivity contribution in [2.75, 3.05) is 32.1 Å². The lowest BCUT2D eigenvalue weighted by Crippen LogP contribution is -2.52. The molecule has 2 aromatic carbocycles. The Labute approximate surface area is 246 Å². The number of amides is 3. The number of nitrogens with one attached hydrogen (secondary N) is 2. The van der Waals surface area contributed by atoms with Crippen LogP contribution in [-0.2, 0) is 9.53 Å². The third kappa shape index (κ3) is 6.03. The molecule has 42 heavy (non-hydrogen) atoms. The first-order valence-electron chi connectivity index (χ1n) is 13.6. The summed E-state index contributed by atoms with van der Waals surface area (Å²) in [6.45, 7) is 5.47. The van der Waals surface area contributed by atoms with Crippen molar-refractivity contribution in [3.63, 3.8) is 0 Å². The van der Waals surface area contributed by atoms with E-state index in [9.17, 15) is 23.6 Å². The van der Waals surface area contributed by atoms with Crippen LogP contribution in [-0.4, -0.2) is 66.5 Å². The largest absolute Gasteiger partial charge is 0.495 e. The number of piperidine rings is 1. The molecule has 12 heteroatoms. The number of hydrogen-bond acceptors (Lipinski definition) is 8. The number of nitrogens with zero attached hydrogens (tertiary/aromatic N) is 1. The number of anilines is 1. The van der Waals surface area contributed by atoms with Gasteiger partial charge in [0.05, 0.1) is 29.4 Å². The van der Waals surface area contributed by atoms with Crippen LogP contribution in [0, 0.1) is 5.82 Å². The maximum absolute atomic E-state index is 14.0. The lowest BCUT2D eigenvalue weighted by Gasteiger charge is -2.44.